The number of allylic oxidation sites excluding steroid dienone is 2. The molecule has 1 heterocycles. The van der Waals surface area contributed by atoms with Gasteiger partial charge in [-0.3, -0.25) is 9.59 Å². The summed E-state index contributed by atoms with van der Waals surface area (Å²) in [5.41, 5.74) is 0.963. The number of morpholine rings is 1. The van der Waals surface area contributed by atoms with E-state index in [0.29, 0.717) is 45.7 Å². The summed E-state index contributed by atoms with van der Waals surface area (Å²) < 4.78 is 5.19. The third-order valence-electron chi connectivity index (χ3n) is 3.03. The maximum absolute atomic E-state index is 11.8. The van der Waals surface area contributed by atoms with E-state index in [2.05, 4.69) is 5.32 Å². The largest absolute Gasteiger partial charge is 0.388 e. The molecule has 1 aliphatic heterocycles. The zero-order valence-corrected chi connectivity index (χ0v) is 9.91. The van der Waals surface area contributed by atoms with Crippen molar-refractivity contribution in [2.75, 3.05) is 32.8 Å². The van der Waals surface area contributed by atoms with Crippen LogP contribution < -0.4 is 5.32 Å². The van der Waals surface area contributed by atoms with Gasteiger partial charge < -0.3 is 15.0 Å². The second kappa shape index (κ2) is 5.82. The molecular formula is C12H18N2O3. The predicted molar refractivity (Wildman–Crippen MR) is 62.3 cm³/mol. The second-order valence-electron chi connectivity index (χ2n) is 4.31. The molecule has 0 bridgehead atoms. The highest BCUT2D eigenvalue weighted by Crippen LogP contribution is 2.11. The lowest BCUT2D eigenvalue weighted by Gasteiger charge is -2.26. The Bertz CT molecular complexity index is 333. The van der Waals surface area contributed by atoms with Crippen LogP contribution in [-0.4, -0.2) is 49.4 Å². The van der Waals surface area contributed by atoms with Gasteiger partial charge in [0, 0.05) is 44.2 Å². The molecule has 94 valence electrons. The van der Waals surface area contributed by atoms with Crippen molar-refractivity contribution >= 4 is 11.7 Å². The molecule has 1 N–H and O–H groups in total. The number of hydrogen-bond acceptors (Lipinski definition) is 4. The molecule has 0 spiro atoms. The zero-order chi connectivity index (χ0) is 12.1. The summed E-state index contributed by atoms with van der Waals surface area (Å²) in [7, 11) is 0. The molecule has 1 saturated heterocycles. The minimum atomic E-state index is 0.158. The van der Waals surface area contributed by atoms with Gasteiger partial charge in [-0.25, -0.2) is 0 Å². The minimum Gasteiger partial charge on any atom is -0.388 e. The molecule has 5 nitrogen and oxygen atoms in total. The number of rotatable bonds is 4. The van der Waals surface area contributed by atoms with Crippen molar-refractivity contribution in [2.24, 2.45) is 0 Å². The van der Waals surface area contributed by atoms with E-state index in [1.54, 1.807) is 6.08 Å². The van der Waals surface area contributed by atoms with Gasteiger partial charge in [0.05, 0.1) is 13.2 Å². The van der Waals surface area contributed by atoms with Gasteiger partial charge in [0.2, 0.25) is 5.91 Å². The van der Waals surface area contributed by atoms with Crippen LogP contribution in [0.1, 0.15) is 19.3 Å². The fourth-order valence-corrected chi connectivity index (χ4v) is 2.04. The Balaban J connectivity index is 1.66. The quantitative estimate of drug-likeness (QED) is 0.753. The molecule has 17 heavy (non-hydrogen) atoms. The van der Waals surface area contributed by atoms with E-state index in [1.165, 1.54) is 0 Å². The van der Waals surface area contributed by atoms with E-state index in [0.717, 1.165) is 12.1 Å². The highest BCUT2D eigenvalue weighted by molar-refractivity contribution is 5.92. The standard InChI is InChI=1S/C12H18N2O3/c15-11-2-1-10(9-11)13-4-3-12(16)14-5-7-17-8-6-14/h9,13H,1-8H2. The molecule has 1 fully saturated rings. The van der Waals surface area contributed by atoms with Crippen molar-refractivity contribution in [1.29, 1.82) is 0 Å². The molecule has 0 aromatic heterocycles. The summed E-state index contributed by atoms with van der Waals surface area (Å²) in [5, 5.41) is 3.14. The van der Waals surface area contributed by atoms with Crippen molar-refractivity contribution in [3.05, 3.63) is 11.8 Å². The highest BCUT2D eigenvalue weighted by atomic mass is 16.5. The number of nitrogens with zero attached hydrogens (tertiary/aromatic N) is 1. The van der Waals surface area contributed by atoms with Gasteiger partial charge in [-0.2, -0.15) is 0 Å². The molecule has 2 rings (SSSR count). The van der Waals surface area contributed by atoms with E-state index in [9.17, 15) is 9.59 Å². The van der Waals surface area contributed by atoms with E-state index in [4.69, 9.17) is 4.74 Å². The van der Waals surface area contributed by atoms with Crippen LogP contribution in [0.25, 0.3) is 0 Å². The van der Waals surface area contributed by atoms with Gasteiger partial charge in [0.1, 0.15) is 0 Å². The van der Waals surface area contributed by atoms with Crippen LogP contribution in [0.4, 0.5) is 0 Å². The molecule has 0 aromatic rings. The van der Waals surface area contributed by atoms with Crippen molar-refractivity contribution in [3.63, 3.8) is 0 Å². The number of carbonyl (C=O) groups is 2. The molecule has 0 saturated carbocycles. The first kappa shape index (κ1) is 12.1. The molecule has 1 aliphatic carbocycles. The maximum Gasteiger partial charge on any atom is 0.224 e. The van der Waals surface area contributed by atoms with E-state index >= 15 is 0 Å². The highest BCUT2D eigenvalue weighted by Gasteiger charge is 2.17. The molecule has 5 heteroatoms. The molecule has 0 aromatic carbocycles. The lowest BCUT2D eigenvalue weighted by Crippen LogP contribution is -2.41. The third-order valence-corrected chi connectivity index (χ3v) is 3.03. The normalized spacial score (nSPS) is 20.4. The topological polar surface area (TPSA) is 58.6 Å². The van der Waals surface area contributed by atoms with Gasteiger partial charge in [0.15, 0.2) is 5.78 Å². The number of carbonyl (C=O) groups excluding carboxylic acids is 2. The first-order valence-corrected chi connectivity index (χ1v) is 6.08. The molecule has 2 aliphatic rings. The molecule has 0 atom stereocenters. The number of ether oxygens (including phenoxy) is 1. The molecule has 0 unspecified atom stereocenters. The fourth-order valence-electron chi connectivity index (χ4n) is 2.04. The Labute approximate surface area is 101 Å². The van der Waals surface area contributed by atoms with Crippen molar-refractivity contribution in [1.82, 2.24) is 10.2 Å². The van der Waals surface area contributed by atoms with Crippen molar-refractivity contribution in [3.8, 4) is 0 Å². The monoisotopic (exact) mass is 238 g/mol. The van der Waals surface area contributed by atoms with Gasteiger partial charge in [-0.1, -0.05) is 0 Å². The Morgan fingerprint density at radius 1 is 1.35 bits per heavy atom. The Morgan fingerprint density at radius 2 is 2.12 bits per heavy atom. The number of amides is 1. The predicted octanol–water partition coefficient (Wildman–Crippen LogP) is 0.0717. The zero-order valence-electron chi connectivity index (χ0n) is 9.91. The molecule has 0 radical (unpaired) electrons. The minimum absolute atomic E-state index is 0.158. The van der Waals surface area contributed by atoms with Crippen molar-refractivity contribution in [2.45, 2.75) is 19.3 Å². The summed E-state index contributed by atoms with van der Waals surface area (Å²) in [6.07, 6.45) is 3.50. The number of nitrogens with one attached hydrogen (secondary N) is 1. The van der Waals surface area contributed by atoms with Crippen LogP contribution in [0.2, 0.25) is 0 Å². The first-order chi connectivity index (χ1) is 8.25. The SMILES string of the molecule is O=C1C=C(NCCC(=O)N2CCOCC2)CC1. The van der Waals surface area contributed by atoms with E-state index in [1.807, 2.05) is 4.90 Å². The maximum atomic E-state index is 11.8. The summed E-state index contributed by atoms with van der Waals surface area (Å²) in [6, 6.07) is 0. The van der Waals surface area contributed by atoms with E-state index in [-0.39, 0.29) is 11.7 Å². The van der Waals surface area contributed by atoms with Gasteiger partial charge in [-0.05, 0) is 6.42 Å². The third kappa shape index (κ3) is 3.56. The Kier molecular flexibility index (Phi) is 4.14. The van der Waals surface area contributed by atoms with Crippen LogP contribution >= 0.6 is 0 Å². The van der Waals surface area contributed by atoms with Crippen molar-refractivity contribution < 1.29 is 14.3 Å². The summed E-state index contributed by atoms with van der Waals surface area (Å²) in [5.74, 6) is 0.331. The summed E-state index contributed by atoms with van der Waals surface area (Å²) in [4.78, 5) is 24.6. The van der Waals surface area contributed by atoms with Crippen LogP contribution in [0.15, 0.2) is 11.8 Å². The van der Waals surface area contributed by atoms with Gasteiger partial charge in [-0.15, -0.1) is 0 Å². The lowest BCUT2D eigenvalue weighted by atomic mass is 10.3. The smallest absolute Gasteiger partial charge is 0.224 e. The van der Waals surface area contributed by atoms with Gasteiger partial charge in [0.25, 0.3) is 0 Å². The van der Waals surface area contributed by atoms with Crippen LogP contribution in [-0.2, 0) is 14.3 Å². The van der Waals surface area contributed by atoms with Gasteiger partial charge >= 0.3 is 0 Å². The number of ketones is 1. The lowest BCUT2D eigenvalue weighted by molar-refractivity contribution is -0.135. The molecule has 1 amide bonds. The Morgan fingerprint density at radius 3 is 2.76 bits per heavy atom. The average Bonchev–Trinajstić information content (AvgIpc) is 2.76. The van der Waals surface area contributed by atoms with Crippen LogP contribution in [0, 0.1) is 0 Å². The van der Waals surface area contributed by atoms with Crippen LogP contribution in [0.5, 0.6) is 0 Å². The summed E-state index contributed by atoms with van der Waals surface area (Å²) >= 11 is 0. The van der Waals surface area contributed by atoms with Crippen LogP contribution in [0.3, 0.4) is 0 Å². The average molecular weight is 238 g/mol. The second-order valence-corrected chi connectivity index (χ2v) is 4.31. The number of hydrogen-bond donors (Lipinski definition) is 1. The Hall–Kier alpha value is -1.36. The molecular weight excluding hydrogens is 220 g/mol. The first-order valence-electron chi connectivity index (χ1n) is 6.08. The van der Waals surface area contributed by atoms with E-state index < -0.39 is 0 Å². The fraction of sp³-hybridized carbons (Fsp3) is 0.667. The summed E-state index contributed by atoms with van der Waals surface area (Å²) in [6.45, 7) is 3.27.